The Hall–Kier alpha value is -3.22. The third-order valence-corrected chi connectivity index (χ3v) is 5.83. The summed E-state index contributed by atoms with van der Waals surface area (Å²) in [7, 11) is 0. The molecule has 0 bridgehead atoms. The summed E-state index contributed by atoms with van der Waals surface area (Å²) in [6.07, 6.45) is 10.9. The molecule has 0 saturated carbocycles. The van der Waals surface area contributed by atoms with Gasteiger partial charge in [-0.05, 0) is 83.6 Å². The highest BCUT2D eigenvalue weighted by molar-refractivity contribution is 6.06. The van der Waals surface area contributed by atoms with Gasteiger partial charge in [-0.2, -0.15) is 5.10 Å². The van der Waals surface area contributed by atoms with Gasteiger partial charge in [-0.1, -0.05) is 11.6 Å². The minimum absolute atomic E-state index is 0.141. The van der Waals surface area contributed by atoms with Crippen LogP contribution in [0.15, 0.2) is 41.3 Å². The molecule has 7 nitrogen and oxygen atoms in total. The van der Waals surface area contributed by atoms with Gasteiger partial charge in [0.05, 0.1) is 22.8 Å². The smallest absolute Gasteiger partial charge is 0.252 e. The summed E-state index contributed by atoms with van der Waals surface area (Å²) < 4.78 is 1.88. The number of nitrogens with one attached hydrogen (secondary N) is 2. The SMILES string of the molecule is C/C(=C/C(C)=C(\C)CNC(=O)c1cc(C2=CCCCC2)nc2c1cnn2C(C)C)NC=O. The first-order valence-electron chi connectivity index (χ1n) is 11.2. The first-order chi connectivity index (χ1) is 15.3. The molecule has 0 spiro atoms. The van der Waals surface area contributed by atoms with Crippen LogP contribution >= 0.6 is 0 Å². The van der Waals surface area contributed by atoms with E-state index in [4.69, 9.17) is 4.98 Å². The van der Waals surface area contributed by atoms with E-state index in [9.17, 15) is 9.59 Å². The maximum Gasteiger partial charge on any atom is 0.252 e. The molecular weight excluding hydrogens is 402 g/mol. The third-order valence-electron chi connectivity index (χ3n) is 5.83. The molecule has 0 atom stereocenters. The van der Waals surface area contributed by atoms with Gasteiger partial charge in [-0.15, -0.1) is 0 Å². The third kappa shape index (κ3) is 5.33. The van der Waals surface area contributed by atoms with Crippen LogP contribution in [-0.2, 0) is 4.79 Å². The largest absolute Gasteiger partial charge is 0.348 e. The van der Waals surface area contributed by atoms with E-state index in [0.29, 0.717) is 18.5 Å². The average Bonchev–Trinajstić information content (AvgIpc) is 3.21. The van der Waals surface area contributed by atoms with Crippen molar-refractivity contribution in [2.45, 2.75) is 66.3 Å². The fourth-order valence-corrected chi connectivity index (χ4v) is 3.85. The molecule has 2 N–H and O–H groups in total. The maximum absolute atomic E-state index is 13.2. The molecule has 170 valence electrons. The van der Waals surface area contributed by atoms with Crippen molar-refractivity contribution in [1.29, 1.82) is 0 Å². The summed E-state index contributed by atoms with van der Waals surface area (Å²) in [6.45, 7) is 10.3. The number of pyridine rings is 1. The van der Waals surface area contributed by atoms with Crippen molar-refractivity contribution in [1.82, 2.24) is 25.4 Å². The predicted octanol–water partition coefficient (Wildman–Crippen LogP) is 4.69. The molecule has 0 fully saturated rings. The van der Waals surface area contributed by atoms with E-state index >= 15 is 0 Å². The molecular formula is C25H33N5O2. The molecule has 0 unspecified atom stereocenters. The molecule has 1 aliphatic carbocycles. The number of nitrogens with zero attached hydrogens (tertiary/aromatic N) is 3. The molecule has 32 heavy (non-hydrogen) atoms. The van der Waals surface area contributed by atoms with Crippen LogP contribution in [0.2, 0.25) is 0 Å². The highest BCUT2D eigenvalue weighted by atomic mass is 16.1. The number of carbonyl (C=O) groups excluding carboxylic acids is 2. The van der Waals surface area contributed by atoms with Gasteiger partial charge in [0.1, 0.15) is 0 Å². The highest BCUT2D eigenvalue weighted by Crippen LogP contribution is 2.29. The zero-order valence-corrected chi connectivity index (χ0v) is 19.7. The first kappa shape index (κ1) is 23.4. The zero-order chi connectivity index (χ0) is 23.3. The lowest BCUT2D eigenvalue weighted by atomic mass is 9.95. The Kier molecular flexibility index (Phi) is 7.62. The van der Waals surface area contributed by atoms with Crippen molar-refractivity contribution < 1.29 is 9.59 Å². The van der Waals surface area contributed by atoms with Crippen molar-refractivity contribution in [2.75, 3.05) is 6.54 Å². The average molecular weight is 436 g/mol. The second kappa shape index (κ2) is 10.4. The Bertz CT molecular complexity index is 1100. The van der Waals surface area contributed by atoms with Gasteiger partial charge in [-0.3, -0.25) is 9.59 Å². The molecule has 0 aliphatic heterocycles. The molecule has 2 heterocycles. The molecule has 2 aromatic heterocycles. The van der Waals surface area contributed by atoms with Crippen LogP contribution in [0.1, 0.15) is 82.4 Å². The van der Waals surface area contributed by atoms with Gasteiger partial charge in [0.2, 0.25) is 6.41 Å². The monoisotopic (exact) mass is 435 g/mol. The fraction of sp³-hybridized carbons (Fsp3) is 0.440. The van der Waals surface area contributed by atoms with Crippen LogP contribution in [-0.4, -0.2) is 33.6 Å². The van der Waals surface area contributed by atoms with Crippen LogP contribution < -0.4 is 10.6 Å². The number of hydrogen-bond donors (Lipinski definition) is 2. The number of aromatic nitrogens is 3. The number of fused-ring (bicyclic) bond motifs is 1. The quantitative estimate of drug-likeness (QED) is 0.465. The van der Waals surface area contributed by atoms with E-state index in [1.54, 1.807) is 6.20 Å². The molecule has 3 rings (SSSR count). The van der Waals surface area contributed by atoms with Gasteiger partial charge in [0.25, 0.3) is 5.91 Å². The van der Waals surface area contributed by atoms with Crippen LogP contribution in [0.25, 0.3) is 16.6 Å². The fourth-order valence-electron chi connectivity index (χ4n) is 3.85. The Morgan fingerprint density at radius 2 is 2.03 bits per heavy atom. The van der Waals surface area contributed by atoms with Crippen molar-refractivity contribution in [3.63, 3.8) is 0 Å². The summed E-state index contributed by atoms with van der Waals surface area (Å²) in [5, 5.41) is 10.9. The highest BCUT2D eigenvalue weighted by Gasteiger charge is 2.19. The second-order valence-electron chi connectivity index (χ2n) is 8.69. The van der Waals surface area contributed by atoms with Crippen LogP contribution in [0.3, 0.4) is 0 Å². The summed E-state index contributed by atoms with van der Waals surface area (Å²) in [4.78, 5) is 28.7. The van der Waals surface area contributed by atoms with Gasteiger partial charge in [0.15, 0.2) is 5.65 Å². The minimum Gasteiger partial charge on any atom is -0.348 e. The summed E-state index contributed by atoms with van der Waals surface area (Å²) in [6, 6.07) is 2.06. The molecule has 7 heteroatoms. The lowest BCUT2D eigenvalue weighted by Crippen LogP contribution is -2.26. The first-order valence-corrected chi connectivity index (χ1v) is 11.2. The number of hydrogen-bond acceptors (Lipinski definition) is 4. The summed E-state index contributed by atoms with van der Waals surface area (Å²) in [5.41, 5.74) is 6.19. The number of allylic oxidation sites excluding steroid dienone is 5. The lowest BCUT2D eigenvalue weighted by molar-refractivity contribution is -0.108. The summed E-state index contributed by atoms with van der Waals surface area (Å²) in [5.74, 6) is -0.141. The van der Waals surface area contributed by atoms with Crippen molar-refractivity contribution in [3.8, 4) is 0 Å². The second-order valence-corrected chi connectivity index (χ2v) is 8.69. The normalized spacial score (nSPS) is 15.4. The van der Waals surface area contributed by atoms with Gasteiger partial charge < -0.3 is 10.6 Å². The Labute approximate surface area is 189 Å². The molecule has 0 radical (unpaired) electrons. The Morgan fingerprint density at radius 1 is 1.25 bits per heavy atom. The zero-order valence-electron chi connectivity index (χ0n) is 19.7. The number of carbonyl (C=O) groups is 2. The molecule has 2 amide bonds. The topological polar surface area (TPSA) is 88.9 Å². The van der Waals surface area contributed by atoms with Crippen molar-refractivity contribution >= 4 is 28.9 Å². The van der Waals surface area contributed by atoms with E-state index in [0.717, 1.165) is 52.8 Å². The molecule has 2 aromatic rings. The van der Waals surface area contributed by atoms with Crippen molar-refractivity contribution in [2.24, 2.45) is 0 Å². The van der Waals surface area contributed by atoms with E-state index in [1.165, 1.54) is 12.0 Å². The van der Waals surface area contributed by atoms with E-state index in [2.05, 4.69) is 35.7 Å². The van der Waals surface area contributed by atoms with E-state index in [-0.39, 0.29) is 11.9 Å². The van der Waals surface area contributed by atoms with E-state index < -0.39 is 0 Å². The van der Waals surface area contributed by atoms with Gasteiger partial charge in [-0.25, -0.2) is 9.67 Å². The van der Waals surface area contributed by atoms with Crippen LogP contribution in [0.4, 0.5) is 0 Å². The van der Waals surface area contributed by atoms with Crippen molar-refractivity contribution in [3.05, 3.63) is 52.5 Å². The number of rotatable bonds is 8. The standard InChI is InChI=1S/C25H33N5O2/c1-16(2)30-24-22(14-28-30)21(12-23(29-24)20-9-7-6-8-10-20)25(32)26-13-18(4)17(3)11-19(5)27-15-31/h9,11-12,14-16H,6-8,10,13H2,1-5H3,(H,26,32)(H,27,31)/b18-17+,19-11-. The molecule has 0 saturated heterocycles. The minimum atomic E-state index is -0.141. The van der Waals surface area contributed by atoms with Crippen LogP contribution in [0.5, 0.6) is 0 Å². The summed E-state index contributed by atoms with van der Waals surface area (Å²) >= 11 is 0. The number of amides is 2. The van der Waals surface area contributed by atoms with Crippen LogP contribution in [0, 0.1) is 0 Å². The Morgan fingerprint density at radius 3 is 2.69 bits per heavy atom. The van der Waals surface area contributed by atoms with Gasteiger partial charge >= 0.3 is 0 Å². The maximum atomic E-state index is 13.2. The van der Waals surface area contributed by atoms with Gasteiger partial charge in [0, 0.05) is 18.3 Å². The molecule has 1 aliphatic rings. The molecule has 0 aromatic carbocycles. The Balaban J connectivity index is 1.93. The van der Waals surface area contributed by atoms with E-state index in [1.807, 2.05) is 37.6 Å². The predicted molar refractivity (Wildman–Crippen MR) is 128 cm³/mol. The lowest BCUT2D eigenvalue weighted by Gasteiger charge is -2.15.